The number of ether oxygens (including phenoxy) is 2. The number of benzene rings is 4. The molecular weight excluding hydrogens is 660 g/mol. The summed E-state index contributed by atoms with van der Waals surface area (Å²) in [6, 6.07) is 24.8. The Kier molecular flexibility index (Phi) is 10.6. The number of nitrogens with zero attached hydrogens (tertiary/aromatic N) is 4. The summed E-state index contributed by atoms with van der Waals surface area (Å²) in [5.41, 5.74) is 10.2. The van der Waals surface area contributed by atoms with E-state index in [0.29, 0.717) is 35.5 Å². The second kappa shape index (κ2) is 15.0. The average Bonchev–Trinajstić information content (AvgIpc) is 3.45. The summed E-state index contributed by atoms with van der Waals surface area (Å²) in [6.45, 7) is 0.160. The third-order valence-electron chi connectivity index (χ3n) is 7.51. The SMILES string of the molecule is [N-]=[N+]=NCc1ccccc1[C@H]1OC(c2ccc(OCCCO)cc2)=N[C@@]1(Cc1ccc(Br)cc1)C(=O)NCc1ccc(F)cc1F. The van der Waals surface area contributed by atoms with Crippen molar-refractivity contribution in [3.63, 3.8) is 0 Å². The molecule has 1 aliphatic rings. The molecule has 5 rings (SSSR count). The van der Waals surface area contributed by atoms with E-state index in [1.807, 2.05) is 24.3 Å². The third kappa shape index (κ3) is 7.54. The lowest BCUT2D eigenvalue weighted by molar-refractivity contribution is -0.129. The van der Waals surface area contributed by atoms with Crippen LogP contribution in [0, 0.1) is 11.6 Å². The highest BCUT2D eigenvalue weighted by molar-refractivity contribution is 9.10. The van der Waals surface area contributed by atoms with Gasteiger partial charge in [-0.25, -0.2) is 13.8 Å². The zero-order chi connectivity index (χ0) is 32.5. The molecule has 0 radical (unpaired) electrons. The molecule has 0 fully saturated rings. The Morgan fingerprint density at radius 2 is 1.83 bits per heavy atom. The van der Waals surface area contributed by atoms with Gasteiger partial charge in [-0.2, -0.15) is 0 Å². The van der Waals surface area contributed by atoms with Crippen molar-refractivity contribution in [1.29, 1.82) is 0 Å². The fraction of sp³-hybridized carbons (Fsp3) is 0.235. The first kappa shape index (κ1) is 32.6. The number of azide groups is 1. The molecule has 1 amide bonds. The van der Waals surface area contributed by atoms with Crippen molar-refractivity contribution in [3.05, 3.63) is 145 Å². The van der Waals surface area contributed by atoms with Crippen LogP contribution in [0.2, 0.25) is 0 Å². The molecular formula is C34H30BrF2N5O4. The molecule has 4 aromatic rings. The zero-order valence-corrected chi connectivity index (χ0v) is 26.2. The van der Waals surface area contributed by atoms with Crippen LogP contribution in [0.1, 0.15) is 40.3 Å². The van der Waals surface area contributed by atoms with Crippen LogP contribution in [0.3, 0.4) is 0 Å². The molecule has 0 saturated heterocycles. The van der Waals surface area contributed by atoms with E-state index in [1.165, 1.54) is 6.07 Å². The highest BCUT2D eigenvalue weighted by atomic mass is 79.9. The number of hydrogen-bond donors (Lipinski definition) is 2. The summed E-state index contributed by atoms with van der Waals surface area (Å²) in [4.78, 5) is 22.3. The van der Waals surface area contributed by atoms with Crippen molar-refractivity contribution in [2.75, 3.05) is 13.2 Å². The first-order valence-electron chi connectivity index (χ1n) is 14.5. The van der Waals surface area contributed by atoms with Gasteiger partial charge >= 0.3 is 0 Å². The molecule has 2 atom stereocenters. The average molecular weight is 691 g/mol. The third-order valence-corrected chi connectivity index (χ3v) is 8.04. The Hall–Kier alpha value is -4.77. The van der Waals surface area contributed by atoms with Gasteiger partial charge in [-0.15, -0.1) is 0 Å². The summed E-state index contributed by atoms with van der Waals surface area (Å²) < 4.78 is 41.2. The molecule has 1 aliphatic heterocycles. The maximum Gasteiger partial charge on any atom is 0.252 e. The van der Waals surface area contributed by atoms with Crippen molar-refractivity contribution < 1.29 is 28.2 Å². The van der Waals surface area contributed by atoms with Crippen LogP contribution in [0.15, 0.2) is 106 Å². The number of carbonyl (C=O) groups is 1. The topological polar surface area (TPSA) is 129 Å². The minimum atomic E-state index is -1.59. The highest BCUT2D eigenvalue weighted by Crippen LogP contribution is 2.44. The first-order valence-corrected chi connectivity index (χ1v) is 15.3. The van der Waals surface area contributed by atoms with Crippen LogP contribution >= 0.6 is 15.9 Å². The normalized spacial score (nSPS) is 17.0. The number of aliphatic hydroxyl groups excluding tert-OH is 1. The van der Waals surface area contributed by atoms with E-state index >= 15 is 0 Å². The van der Waals surface area contributed by atoms with Gasteiger partial charge in [0.25, 0.3) is 5.91 Å². The molecule has 0 unspecified atom stereocenters. The first-order chi connectivity index (χ1) is 22.3. The predicted octanol–water partition coefficient (Wildman–Crippen LogP) is 7.11. The fourth-order valence-corrected chi connectivity index (χ4v) is 5.47. The number of amides is 1. The smallest absolute Gasteiger partial charge is 0.252 e. The highest BCUT2D eigenvalue weighted by Gasteiger charge is 2.53. The second-order valence-electron chi connectivity index (χ2n) is 10.6. The minimum Gasteiger partial charge on any atom is -0.494 e. The van der Waals surface area contributed by atoms with Crippen LogP contribution in [0.4, 0.5) is 8.78 Å². The van der Waals surface area contributed by atoms with Crippen LogP contribution in [-0.2, 0) is 29.0 Å². The lowest BCUT2D eigenvalue weighted by Crippen LogP contribution is -2.50. The van der Waals surface area contributed by atoms with Gasteiger partial charge in [0.2, 0.25) is 5.90 Å². The predicted molar refractivity (Wildman–Crippen MR) is 172 cm³/mol. The maximum absolute atomic E-state index is 14.6. The van der Waals surface area contributed by atoms with E-state index in [-0.39, 0.29) is 37.6 Å². The Morgan fingerprint density at radius 1 is 1.07 bits per heavy atom. The summed E-state index contributed by atoms with van der Waals surface area (Å²) in [6.07, 6.45) is -0.385. The zero-order valence-electron chi connectivity index (χ0n) is 24.6. The number of nitrogens with one attached hydrogen (secondary N) is 1. The van der Waals surface area contributed by atoms with Crippen molar-refractivity contribution >= 4 is 27.7 Å². The summed E-state index contributed by atoms with van der Waals surface area (Å²) in [7, 11) is 0. The molecule has 1 heterocycles. The van der Waals surface area contributed by atoms with Crippen molar-refractivity contribution in [2.24, 2.45) is 10.1 Å². The van der Waals surface area contributed by atoms with Gasteiger partial charge in [0.05, 0.1) is 13.2 Å². The minimum absolute atomic E-state index is 0.0124. The largest absolute Gasteiger partial charge is 0.494 e. The van der Waals surface area contributed by atoms with Crippen LogP contribution in [-0.4, -0.2) is 35.7 Å². The van der Waals surface area contributed by atoms with Gasteiger partial charge in [-0.05, 0) is 64.7 Å². The van der Waals surface area contributed by atoms with Crippen LogP contribution in [0.25, 0.3) is 10.4 Å². The lowest BCUT2D eigenvalue weighted by Gasteiger charge is -2.32. The fourth-order valence-electron chi connectivity index (χ4n) is 5.21. The second-order valence-corrected chi connectivity index (χ2v) is 11.5. The molecule has 4 aromatic carbocycles. The number of carbonyl (C=O) groups excluding carboxylic acids is 1. The van der Waals surface area contributed by atoms with Crippen molar-refractivity contribution in [3.8, 4) is 5.75 Å². The van der Waals surface area contributed by atoms with E-state index in [1.54, 1.807) is 48.5 Å². The van der Waals surface area contributed by atoms with E-state index in [9.17, 15) is 13.6 Å². The monoisotopic (exact) mass is 689 g/mol. The Balaban J connectivity index is 1.60. The maximum atomic E-state index is 14.6. The summed E-state index contributed by atoms with van der Waals surface area (Å²) in [5, 5.41) is 15.6. The molecule has 2 N–H and O–H groups in total. The van der Waals surface area contributed by atoms with Crippen molar-refractivity contribution in [1.82, 2.24) is 5.32 Å². The van der Waals surface area contributed by atoms with E-state index in [4.69, 9.17) is 25.1 Å². The molecule has 9 nitrogen and oxygen atoms in total. The van der Waals surface area contributed by atoms with Gasteiger partial charge in [-0.1, -0.05) is 63.5 Å². The summed E-state index contributed by atoms with van der Waals surface area (Å²) in [5.74, 6) is -1.26. The molecule has 46 heavy (non-hydrogen) atoms. The standard InChI is InChI=1S/C34H30BrF2N5O4/c35-26-11-6-22(7-12-26)19-34(33(44)39-20-25-8-13-27(36)18-30(25)37)31(29-5-2-1-4-24(29)21-40-42-38)46-32(41-34)23-9-14-28(15-10-23)45-17-3-16-43/h1-2,4-15,18,31,43H,3,16-17,19-21H2,(H,39,44)/t31-,34-/m1/s1. The number of aliphatic hydroxyl groups is 1. The number of halogens is 3. The van der Waals surface area contributed by atoms with Gasteiger partial charge in [-0.3, -0.25) is 4.79 Å². The molecule has 236 valence electrons. The van der Waals surface area contributed by atoms with E-state index in [2.05, 4.69) is 31.3 Å². The Morgan fingerprint density at radius 3 is 2.54 bits per heavy atom. The molecule has 0 bridgehead atoms. The number of aliphatic imine (C=N–C) groups is 1. The van der Waals surface area contributed by atoms with Gasteiger partial charge < -0.3 is 19.9 Å². The molecule has 0 aromatic heterocycles. The van der Waals surface area contributed by atoms with E-state index in [0.717, 1.165) is 22.2 Å². The molecule has 0 spiro atoms. The van der Waals surface area contributed by atoms with Gasteiger partial charge in [0.15, 0.2) is 11.6 Å². The number of rotatable bonds is 13. The Bertz CT molecular complexity index is 1760. The van der Waals surface area contributed by atoms with Gasteiger partial charge in [0.1, 0.15) is 17.4 Å². The van der Waals surface area contributed by atoms with E-state index < -0.39 is 29.2 Å². The van der Waals surface area contributed by atoms with Gasteiger partial charge in [0, 0.05) is 52.6 Å². The molecule has 0 aliphatic carbocycles. The van der Waals surface area contributed by atoms with Crippen molar-refractivity contribution in [2.45, 2.75) is 37.6 Å². The van der Waals surface area contributed by atoms with Crippen LogP contribution in [0.5, 0.6) is 5.75 Å². The molecule has 0 saturated carbocycles. The summed E-state index contributed by atoms with van der Waals surface area (Å²) >= 11 is 3.45. The quantitative estimate of drug-likeness (QED) is 0.0671. The molecule has 12 heteroatoms. The Labute approximate surface area is 272 Å². The number of hydrogen-bond acceptors (Lipinski definition) is 6. The van der Waals surface area contributed by atoms with Crippen LogP contribution < -0.4 is 10.1 Å². The lowest BCUT2D eigenvalue weighted by atomic mass is 9.80.